The summed E-state index contributed by atoms with van der Waals surface area (Å²) in [5.74, 6) is 0.133. The maximum Gasteiger partial charge on any atom is 0.252 e. The number of hydrazine groups is 1. The maximum absolute atomic E-state index is 11.2. The van der Waals surface area contributed by atoms with Crippen molar-refractivity contribution < 1.29 is 14.0 Å². The lowest BCUT2D eigenvalue weighted by Gasteiger charge is -2.11. The van der Waals surface area contributed by atoms with Gasteiger partial charge in [-0.1, -0.05) is 0 Å². The highest BCUT2D eigenvalue weighted by Gasteiger charge is 2.09. The van der Waals surface area contributed by atoms with Crippen molar-refractivity contribution in [1.82, 2.24) is 16.2 Å². The molecule has 1 aromatic heterocycles. The van der Waals surface area contributed by atoms with Gasteiger partial charge in [0.25, 0.3) is 5.91 Å². The van der Waals surface area contributed by atoms with E-state index >= 15 is 0 Å². The van der Waals surface area contributed by atoms with Crippen LogP contribution in [0.2, 0.25) is 0 Å². The smallest absolute Gasteiger partial charge is 0.252 e. The predicted octanol–water partition coefficient (Wildman–Crippen LogP) is 0.0975. The van der Waals surface area contributed by atoms with E-state index in [1.54, 1.807) is 12.3 Å². The highest BCUT2D eigenvalue weighted by atomic mass is 16.3. The van der Waals surface area contributed by atoms with Crippen LogP contribution in [-0.4, -0.2) is 18.4 Å². The molecular formula is C10H15N3O3. The first-order chi connectivity index (χ1) is 7.59. The third-order valence-electron chi connectivity index (χ3n) is 1.92. The molecule has 1 aromatic rings. The molecule has 3 N–H and O–H groups in total. The van der Waals surface area contributed by atoms with Gasteiger partial charge in [-0.15, -0.1) is 0 Å². The first-order valence-corrected chi connectivity index (χ1v) is 4.92. The molecule has 0 unspecified atom stereocenters. The second kappa shape index (κ2) is 5.92. The molecular weight excluding hydrogens is 210 g/mol. The van der Waals surface area contributed by atoms with E-state index in [9.17, 15) is 9.59 Å². The van der Waals surface area contributed by atoms with E-state index in [4.69, 9.17) is 4.42 Å². The third kappa shape index (κ3) is 4.14. The SMILES string of the molecule is CC(=O)NNC(=O)CN[C@H](C)c1ccco1. The molecule has 0 aliphatic heterocycles. The molecule has 0 aliphatic carbocycles. The fourth-order valence-corrected chi connectivity index (χ4v) is 1.09. The number of furan rings is 1. The standard InChI is InChI=1S/C10H15N3O3/c1-7(9-4-3-5-16-9)11-6-10(15)13-12-8(2)14/h3-5,7,11H,6H2,1-2H3,(H,12,14)(H,13,15)/t7-/m1/s1. The number of nitrogens with one attached hydrogen (secondary N) is 3. The molecule has 0 fully saturated rings. The summed E-state index contributed by atoms with van der Waals surface area (Å²) < 4.78 is 5.16. The van der Waals surface area contributed by atoms with Crippen LogP contribution in [-0.2, 0) is 9.59 Å². The van der Waals surface area contributed by atoms with Crippen LogP contribution >= 0.6 is 0 Å². The Labute approximate surface area is 93.4 Å². The van der Waals surface area contributed by atoms with E-state index in [2.05, 4.69) is 16.2 Å². The molecule has 0 saturated carbocycles. The van der Waals surface area contributed by atoms with Gasteiger partial charge in [0.05, 0.1) is 18.8 Å². The summed E-state index contributed by atoms with van der Waals surface area (Å²) in [5.41, 5.74) is 4.45. The van der Waals surface area contributed by atoms with Crippen molar-refractivity contribution in [3.63, 3.8) is 0 Å². The first kappa shape index (κ1) is 12.3. The number of hydrogen-bond acceptors (Lipinski definition) is 4. The highest BCUT2D eigenvalue weighted by Crippen LogP contribution is 2.11. The topological polar surface area (TPSA) is 83.4 Å². The fraction of sp³-hybridized carbons (Fsp3) is 0.400. The number of amides is 2. The van der Waals surface area contributed by atoms with E-state index in [-0.39, 0.29) is 24.4 Å². The van der Waals surface area contributed by atoms with Gasteiger partial charge >= 0.3 is 0 Å². The second-order valence-corrected chi connectivity index (χ2v) is 3.35. The molecule has 0 aliphatic rings. The molecule has 1 atom stereocenters. The lowest BCUT2D eigenvalue weighted by Crippen LogP contribution is -2.44. The molecule has 16 heavy (non-hydrogen) atoms. The van der Waals surface area contributed by atoms with Gasteiger partial charge in [-0.25, -0.2) is 0 Å². The van der Waals surface area contributed by atoms with Gasteiger partial charge in [0.15, 0.2) is 0 Å². The van der Waals surface area contributed by atoms with Gasteiger partial charge in [-0.2, -0.15) is 0 Å². The van der Waals surface area contributed by atoms with Gasteiger partial charge in [-0.05, 0) is 19.1 Å². The van der Waals surface area contributed by atoms with Crippen LogP contribution < -0.4 is 16.2 Å². The van der Waals surface area contributed by atoms with Gasteiger partial charge in [0, 0.05) is 6.92 Å². The normalized spacial score (nSPS) is 11.9. The average molecular weight is 225 g/mol. The van der Waals surface area contributed by atoms with E-state index < -0.39 is 0 Å². The van der Waals surface area contributed by atoms with Crippen molar-refractivity contribution in [3.05, 3.63) is 24.2 Å². The summed E-state index contributed by atoms with van der Waals surface area (Å²) in [6, 6.07) is 3.55. The number of hydrogen-bond donors (Lipinski definition) is 3. The summed E-state index contributed by atoms with van der Waals surface area (Å²) in [6.07, 6.45) is 1.57. The number of carbonyl (C=O) groups is 2. The number of rotatable bonds is 4. The Morgan fingerprint density at radius 3 is 2.75 bits per heavy atom. The van der Waals surface area contributed by atoms with Crippen molar-refractivity contribution in [1.29, 1.82) is 0 Å². The lowest BCUT2D eigenvalue weighted by atomic mass is 10.2. The second-order valence-electron chi connectivity index (χ2n) is 3.35. The molecule has 1 rings (SSSR count). The van der Waals surface area contributed by atoms with Crippen LogP contribution in [0.25, 0.3) is 0 Å². The van der Waals surface area contributed by atoms with Crippen LogP contribution in [0.4, 0.5) is 0 Å². The molecule has 0 radical (unpaired) electrons. The monoisotopic (exact) mass is 225 g/mol. The Balaban J connectivity index is 2.24. The number of carbonyl (C=O) groups excluding carboxylic acids is 2. The summed E-state index contributed by atoms with van der Waals surface area (Å²) in [5, 5.41) is 2.95. The first-order valence-electron chi connectivity index (χ1n) is 4.92. The summed E-state index contributed by atoms with van der Waals surface area (Å²) in [4.78, 5) is 21.7. The lowest BCUT2D eigenvalue weighted by molar-refractivity contribution is -0.127. The van der Waals surface area contributed by atoms with Gasteiger partial charge in [0.1, 0.15) is 5.76 Å². The molecule has 6 heteroatoms. The zero-order valence-corrected chi connectivity index (χ0v) is 9.24. The minimum atomic E-state index is -0.313. The van der Waals surface area contributed by atoms with Crippen molar-refractivity contribution in [2.45, 2.75) is 19.9 Å². The predicted molar refractivity (Wildman–Crippen MR) is 57.1 cm³/mol. The third-order valence-corrected chi connectivity index (χ3v) is 1.92. The van der Waals surface area contributed by atoms with Gasteiger partial charge in [0.2, 0.25) is 5.91 Å². The Hall–Kier alpha value is -1.82. The Morgan fingerprint density at radius 2 is 2.19 bits per heavy atom. The van der Waals surface area contributed by atoms with E-state index in [0.29, 0.717) is 0 Å². The minimum Gasteiger partial charge on any atom is -0.468 e. The summed E-state index contributed by atoms with van der Waals surface area (Å²) in [7, 11) is 0. The quantitative estimate of drug-likeness (QED) is 0.634. The zero-order valence-electron chi connectivity index (χ0n) is 9.24. The van der Waals surface area contributed by atoms with Crippen molar-refractivity contribution in [2.75, 3.05) is 6.54 Å². The molecule has 1 heterocycles. The van der Waals surface area contributed by atoms with Crippen molar-refractivity contribution in [3.8, 4) is 0 Å². The zero-order chi connectivity index (χ0) is 12.0. The van der Waals surface area contributed by atoms with E-state index in [0.717, 1.165) is 5.76 Å². The molecule has 6 nitrogen and oxygen atoms in total. The minimum absolute atomic E-state index is 0.0573. The Morgan fingerprint density at radius 1 is 1.44 bits per heavy atom. The summed E-state index contributed by atoms with van der Waals surface area (Å²) in [6.45, 7) is 3.30. The van der Waals surface area contributed by atoms with Crippen molar-refractivity contribution in [2.24, 2.45) is 0 Å². The highest BCUT2D eigenvalue weighted by molar-refractivity contribution is 5.81. The van der Waals surface area contributed by atoms with E-state index in [1.165, 1.54) is 6.92 Å². The molecule has 2 amide bonds. The molecule has 88 valence electrons. The molecule has 0 saturated heterocycles. The maximum atomic E-state index is 11.2. The van der Waals surface area contributed by atoms with Crippen LogP contribution in [0.3, 0.4) is 0 Å². The fourth-order valence-electron chi connectivity index (χ4n) is 1.09. The van der Waals surface area contributed by atoms with Crippen molar-refractivity contribution >= 4 is 11.8 Å². The van der Waals surface area contributed by atoms with Crippen LogP contribution in [0.5, 0.6) is 0 Å². The molecule has 0 aromatic carbocycles. The van der Waals surface area contributed by atoms with Crippen LogP contribution in [0.15, 0.2) is 22.8 Å². The van der Waals surface area contributed by atoms with Gasteiger partial charge in [-0.3, -0.25) is 25.8 Å². The summed E-state index contributed by atoms with van der Waals surface area (Å²) >= 11 is 0. The Bertz CT molecular complexity index is 348. The van der Waals surface area contributed by atoms with Crippen LogP contribution in [0, 0.1) is 0 Å². The van der Waals surface area contributed by atoms with Crippen LogP contribution in [0.1, 0.15) is 25.6 Å². The molecule has 0 spiro atoms. The average Bonchev–Trinajstić information content (AvgIpc) is 2.76. The van der Waals surface area contributed by atoms with E-state index in [1.807, 2.05) is 13.0 Å². The van der Waals surface area contributed by atoms with Gasteiger partial charge < -0.3 is 4.42 Å². The largest absolute Gasteiger partial charge is 0.468 e. The Kier molecular flexibility index (Phi) is 4.53. The molecule has 0 bridgehead atoms.